The number of hydrogen-bond acceptors (Lipinski definition) is 5. The quantitative estimate of drug-likeness (QED) is 0.350. The molecule has 1 aliphatic heterocycles. The van der Waals surface area contributed by atoms with E-state index in [9.17, 15) is 19.1 Å². The van der Waals surface area contributed by atoms with Gasteiger partial charge in [-0.05, 0) is 35.9 Å². The number of amides is 1. The number of likely N-dealkylation sites (tertiary alicyclic amines) is 1. The van der Waals surface area contributed by atoms with Gasteiger partial charge < -0.3 is 14.7 Å². The highest BCUT2D eigenvalue weighted by atomic mass is 35.5. The first-order valence-electron chi connectivity index (χ1n) is 9.68. The molecule has 162 valence electrons. The van der Waals surface area contributed by atoms with Gasteiger partial charge in [-0.25, -0.2) is 4.39 Å². The van der Waals surface area contributed by atoms with E-state index in [0.29, 0.717) is 11.3 Å². The lowest BCUT2D eigenvalue weighted by Gasteiger charge is -2.25. The molecule has 1 aromatic heterocycles. The van der Waals surface area contributed by atoms with E-state index in [-0.39, 0.29) is 28.3 Å². The standard InChI is InChI=1S/C24H18ClFN2O4/c1-32-19-9-8-15(11-17(19)25)22(29)20-21(16-6-2-3-7-18(16)26)28(24(31)23(20)30)13-14-5-4-10-27-12-14/h2-12,21,29H,13H2,1H3/b22-20+. The van der Waals surface area contributed by atoms with Crippen LogP contribution in [0.15, 0.2) is 72.6 Å². The van der Waals surface area contributed by atoms with Gasteiger partial charge in [0.2, 0.25) is 0 Å². The van der Waals surface area contributed by atoms with Gasteiger partial charge in [0.15, 0.2) is 0 Å². The molecule has 32 heavy (non-hydrogen) atoms. The first-order valence-corrected chi connectivity index (χ1v) is 10.1. The van der Waals surface area contributed by atoms with Gasteiger partial charge in [-0.15, -0.1) is 0 Å². The Labute approximate surface area is 188 Å². The first kappa shape index (κ1) is 21.5. The lowest BCUT2D eigenvalue weighted by Crippen LogP contribution is -2.29. The lowest BCUT2D eigenvalue weighted by atomic mass is 9.94. The molecule has 0 saturated carbocycles. The number of carbonyl (C=O) groups excluding carboxylic acids is 2. The smallest absolute Gasteiger partial charge is 0.295 e. The SMILES string of the molecule is COc1ccc(/C(O)=C2\C(=O)C(=O)N(Cc3cccnc3)C2c2ccccc2F)cc1Cl. The second kappa shape index (κ2) is 8.80. The maximum atomic E-state index is 14.8. The summed E-state index contributed by atoms with van der Waals surface area (Å²) in [7, 11) is 1.45. The molecule has 2 heterocycles. The van der Waals surface area contributed by atoms with Crippen molar-refractivity contribution in [1.29, 1.82) is 0 Å². The molecule has 1 atom stereocenters. The molecule has 1 unspecified atom stereocenters. The van der Waals surface area contributed by atoms with E-state index < -0.39 is 29.3 Å². The van der Waals surface area contributed by atoms with Crippen LogP contribution in [0.25, 0.3) is 5.76 Å². The van der Waals surface area contributed by atoms with Crippen LogP contribution < -0.4 is 4.74 Å². The van der Waals surface area contributed by atoms with Crippen LogP contribution in [0.4, 0.5) is 4.39 Å². The minimum absolute atomic E-state index is 0.0115. The summed E-state index contributed by atoms with van der Waals surface area (Å²) in [6.07, 6.45) is 3.14. The van der Waals surface area contributed by atoms with Gasteiger partial charge in [0.25, 0.3) is 11.7 Å². The molecule has 4 rings (SSSR count). The second-order valence-corrected chi connectivity index (χ2v) is 7.57. The molecule has 8 heteroatoms. The van der Waals surface area contributed by atoms with E-state index >= 15 is 0 Å². The molecule has 0 spiro atoms. The molecule has 1 amide bonds. The van der Waals surface area contributed by atoms with Gasteiger partial charge in [-0.2, -0.15) is 0 Å². The average Bonchev–Trinajstić information content (AvgIpc) is 3.04. The van der Waals surface area contributed by atoms with E-state index in [1.807, 2.05) is 0 Å². The van der Waals surface area contributed by atoms with Crippen molar-refractivity contribution in [2.75, 3.05) is 7.11 Å². The predicted octanol–water partition coefficient (Wildman–Crippen LogP) is 4.50. The van der Waals surface area contributed by atoms with Crippen molar-refractivity contribution >= 4 is 29.1 Å². The molecule has 2 aromatic carbocycles. The number of aliphatic hydroxyl groups excluding tert-OH is 1. The number of Topliss-reactive ketones (excluding diaryl/α,β-unsaturated/α-hetero) is 1. The molecule has 0 radical (unpaired) electrons. The molecule has 0 aliphatic carbocycles. The lowest BCUT2D eigenvalue weighted by molar-refractivity contribution is -0.140. The summed E-state index contributed by atoms with van der Waals surface area (Å²) in [6, 6.07) is 12.6. The van der Waals surface area contributed by atoms with Gasteiger partial charge in [0.05, 0.1) is 23.7 Å². The highest BCUT2D eigenvalue weighted by Crippen LogP contribution is 2.41. The van der Waals surface area contributed by atoms with Crippen LogP contribution in [0.1, 0.15) is 22.7 Å². The summed E-state index contributed by atoms with van der Waals surface area (Å²) in [5.74, 6) is -2.43. The molecule has 0 bridgehead atoms. The summed E-state index contributed by atoms with van der Waals surface area (Å²) in [5, 5.41) is 11.3. The maximum absolute atomic E-state index is 14.8. The number of ketones is 1. The molecule has 1 aliphatic rings. The fraction of sp³-hybridized carbons (Fsp3) is 0.125. The van der Waals surface area contributed by atoms with E-state index in [4.69, 9.17) is 16.3 Å². The Morgan fingerprint density at radius 3 is 2.62 bits per heavy atom. The summed E-state index contributed by atoms with van der Waals surface area (Å²) in [6.45, 7) is 0.0115. The molecule has 1 fully saturated rings. The number of aromatic nitrogens is 1. The summed E-state index contributed by atoms with van der Waals surface area (Å²) < 4.78 is 19.9. The highest BCUT2D eigenvalue weighted by molar-refractivity contribution is 6.46. The minimum atomic E-state index is -1.13. The second-order valence-electron chi connectivity index (χ2n) is 7.16. The number of nitrogens with zero attached hydrogens (tertiary/aromatic N) is 2. The highest BCUT2D eigenvalue weighted by Gasteiger charge is 2.47. The largest absolute Gasteiger partial charge is 0.507 e. The molecule has 6 nitrogen and oxygen atoms in total. The molecular formula is C24H18ClFN2O4. The number of pyridine rings is 1. The van der Waals surface area contributed by atoms with Gasteiger partial charge in [0.1, 0.15) is 17.3 Å². The van der Waals surface area contributed by atoms with Crippen molar-refractivity contribution in [3.05, 3.63) is 100 Å². The number of aliphatic hydroxyl groups is 1. The van der Waals surface area contributed by atoms with Crippen LogP contribution in [-0.4, -0.2) is 33.8 Å². The summed E-state index contributed by atoms with van der Waals surface area (Å²) >= 11 is 6.17. The Morgan fingerprint density at radius 1 is 1.19 bits per heavy atom. The number of carbonyl (C=O) groups is 2. The van der Waals surface area contributed by atoms with Crippen molar-refractivity contribution in [2.24, 2.45) is 0 Å². The van der Waals surface area contributed by atoms with Crippen LogP contribution in [0, 0.1) is 5.82 Å². The average molecular weight is 453 g/mol. The van der Waals surface area contributed by atoms with Crippen molar-refractivity contribution in [1.82, 2.24) is 9.88 Å². The maximum Gasteiger partial charge on any atom is 0.295 e. The molecule has 1 N–H and O–H groups in total. The minimum Gasteiger partial charge on any atom is -0.507 e. The fourth-order valence-corrected chi connectivity index (χ4v) is 3.98. The zero-order valence-electron chi connectivity index (χ0n) is 17.0. The zero-order valence-corrected chi connectivity index (χ0v) is 17.7. The number of ether oxygens (including phenoxy) is 1. The molecule has 1 saturated heterocycles. The van der Waals surface area contributed by atoms with E-state index in [0.717, 1.165) is 0 Å². The summed E-state index contributed by atoms with van der Waals surface area (Å²) in [5.41, 5.74) is 0.738. The third kappa shape index (κ3) is 3.83. The molecule has 3 aromatic rings. The number of benzene rings is 2. The monoisotopic (exact) mass is 452 g/mol. The fourth-order valence-electron chi connectivity index (χ4n) is 3.72. The van der Waals surface area contributed by atoms with Gasteiger partial charge in [-0.1, -0.05) is 35.9 Å². The zero-order chi connectivity index (χ0) is 22.8. The normalized spacial score (nSPS) is 17.6. The van der Waals surface area contributed by atoms with Crippen LogP contribution >= 0.6 is 11.6 Å². The number of hydrogen-bond donors (Lipinski definition) is 1. The van der Waals surface area contributed by atoms with Crippen LogP contribution in [0.5, 0.6) is 5.75 Å². The molecular weight excluding hydrogens is 435 g/mol. The van der Waals surface area contributed by atoms with Crippen LogP contribution in [0.3, 0.4) is 0 Å². The third-order valence-electron chi connectivity index (χ3n) is 5.24. The van der Waals surface area contributed by atoms with Gasteiger partial charge in [0, 0.05) is 30.1 Å². The Morgan fingerprint density at radius 2 is 1.97 bits per heavy atom. The first-order chi connectivity index (χ1) is 15.4. The van der Waals surface area contributed by atoms with Gasteiger partial charge >= 0.3 is 0 Å². The third-order valence-corrected chi connectivity index (χ3v) is 5.54. The number of halogens is 2. The predicted molar refractivity (Wildman–Crippen MR) is 116 cm³/mol. The van der Waals surface area contributed by atoms with Gasteiger partial charge in [-0.3, -0.25) is 14.6 Å². The van der Waals surface area contributed by atoms with Crippen molar-refractivity contribution < 1.29 is 23.8 Å². The van der Waals surface area contributed by atoms with E-state index in [2.05, 4.69) is 4.98 Å². The Kier molecular flexibility index (Phi) is 5.92. The van der Waals surface area contributed by atoms with Crippen molar-refractivity contribution in [2.45, 2.75) is 12.6 Å². The van der Waals surface area contributed by atoms with E-state index in [1.54, 1.807) is 30.6 Å². The Hall–Kier alpha value is -3.71. The van der Waals surface area contributed by atoms with Crippen molar-refractivity contribution in [3.63, 3.8) is 0 Å². The van der Waals surface area contributed by atoms with Crippen LogP contribution in [-0.2, 0) is 16.1 Å². The van der Waals surface area contributed by atoms with E-state index in [1.165, 1.54) is 48.4 Å². The topological polar surface area (TPSA) is 79.7 Å². The van der Waals surface area contributed by atoms with Crippen molar-refractivity contribution in [3.8, 4) is 5.75 Å². The number of methoxy groups -OCH3 is 1. The summed E-state index contributed by atoms with van der Waals surface area (Å²) in [4.78, 5) is 31.2. The number of rotatable bonds is 5. The Bertz CT molecular complexity index is 1230. The van der Waals surface area contributed by atoms with Crippen LogP contribution in [0.2, 0.25) is 5.02 Å². The Balaban J connectivity index is 1.89.